The van der Waals surface area contributed by atoms with E-state index in [1.165, 1.54) is 26.9 Å². The molecule has 51 heavy (non-hydrogen) atoms. The van der Waals surface area contributed by atoms with Gasteiger partial charge in [0.2, 0.25) is 5.95 Å². The molecule has 0 fully saturated rings. The summed E-state index contributed by atoms with van der Waals surface area (Å²) in [4.78, 5) is 15.5. The van der Waals surface area contributed by atoms with E-state index in [-0.39, 0.29) is 0 Å². The zero-order valence-electron chi connectivity index (χ0n) is 27.6. The summed E-state index contributed by atoms with van der Waals surface area (Å²) in [7, 11) is 0. The van der Waals surface area contributed by atoms with Gasteiger partial charge in [-0.1, -0.05) is 170 Å². The van der Waals surface area contributed by atoms with Gasteiger partial charge in [0.05, 0.1) is 11.0 Å². The minimum Gasteiger partial charge on any atom is -0.278 e. The lowest BCUT2D eigenvalue weighted by Gasteiger charge is -2.14. The van der Waals surface area contributed by atoms with E-state index >= 15 is 0 Å². The smallest absolute Gasteiger partial charge is 0.238 e. The predicted molar refractivity (Wildman–Crippen MR) is 211 cm³/mol. The van der Waals surface area contributed by atoms with Crippen molar-refractivity contribution >= 4 is 43.4 Å². The summed E-state index contributed by atoms with van der Waals surface area (Å²) in [5, 5.41) is 7.18. The highest BCUT2D eigenvalue weighted by atomic mass is 15.2. The molecule has 8 aromatic carbocycles. The molecule has 4 nitrogen and oxygen atoms in total. The van der Waals surface area contributed by atoms with E-state index in [4.69, 9.17) is 15.0 Å². The highest BCUT2D eigenvalue weighted by molar-refractivity contribution is 6.30. The minimum absolute atomic E-state index is 0.575. The van der Waals surface area contributed by atoms with Crippen LogP contribution in [0.2, 0.25) is 0 Å². The zero-order chi connectivity index (χ0) is 33.7. The van der Waals surface area contributed by atoms with Crippen LogP contribution in [0, 0.1) is 0 Å². The van der Waals surface area contributed by atoms with E-state index < -0.39 is 0 Å². The summed E-state index contributed by atoms with van der Waals surface area (Å²) in [6.45, 7) is 0. The highest BCUT2D eigenvalue weighted by Gasteiger charge is 2.22. The molecular formula is C47H30N4. The van der Waals surface area contributed by atoms with E-state index in [9.17, 15) is 0 Å². The van der Waals surface area contributed by atoms with Crippen LogP contribution >= 0.6 is 0 Å². The SMILES string of the molecule is c1ccc(-c2ccc3c4c5c(ccc6ccccc65)c(-c5ccccc5)cc4n(-c4nc(-c5ccccc5)nc(-c5ccccc5)n4)c3c2)cc1. The number of rotatable bonds is 5. The van der Waals surface area contributed by atoms with Crippen LogP contribution in [0.25, 0.3) is 94.3 Å². The van der Waals surface area contributed by atoms with Crippen LogP contribution in [-0.2, 0) is 0 Å². The van der Waals surface area contributed by atoms with E-state index in [1.807, 2.05) is 36.4 Å². The molecule has 0 bridgehead atoms. The molecule has 10 rings (SSSR count). The second-order valence-electron chi connectivity index (χ2n) is 12.8. The Labute approximate surface area is 295 Å². The summed E-state index contributed by atoms with van der Waals surface area (Å²) < 4.78 is 2.26. The summed E-state index contributed by atoms with van der Waals surface area (Å²) in [6.07, 6.45) is 0. The third-order valence-electron chi connectivity index (χ3n) is 9.83. The molecule has 0 radical (unpaired) electrons. The van der Waals surface area contributed by atoms with Crippen LogP contribution in [0.1, 0.15) is 0 Å². The topological polar surface area (TPSA) is 43.6 Å². The minimum atomic E-state index is 0.575. The van der Waals surface area contributed by atoms with Gasteiger partial charge in [0.1, 0.15) is 0 Å². The van der Waals surface area contributed by atoms with Crippen molar-refractivity contribution in [2.24, 2.45) is 0 Å². The van der Waals surface area contributed by atoms with E-state index in [2.05, 4.69) is 150 Å². The quantitative estimate of drug-likeness (QED) is 0.174. The Morgan fingerprint density at radius 1 is 0.333 bits per heavy atom. The van der Waals surface area contributed by atoms with Crippen LogP contribution in [0.3, 0.4) is 0 Å². The van der Waals surface area contributed by atoms with Crippen molar-refractivity contribution in [1.82, 2.24) is 19.5 Å². The van der Waals surface area contributed by atoms with Crippen molar-refractivity contribution in [2.45, 2.75) is 0 Å². The maximum absolute atomic E-state index is 5.26. The molecule has 0 aliphatic heterocycles. The molecule has 0 saturated carbocycles. The Kier molecular flexibility index (Phi) is 6.78. The monoisotopic (exact) mass is 650 g/mol. The summed E-state index contributed by atoms with van der Waals surface area (Å²) in [6, 6.07) is 64.0. The molecule has 2 heterocycles. The van der Waals surface area contributed by atoms with Crippen molar-refractivity contribution in [3.63, 3.8) is 0 Å². The van der Waals surface area contributed by atoms with Gasteiger partial charge in [-0.2, -0.15) is 9.97 Å². The Balaban J connectivity index is 1.40. The average molecular weight is 651 g/mol. The molecule has 0 aliphatic carbocycles. The van der Waals surface area contributed by atoms with E-state index in [0.29, 0.717) is 17.6 Å². The Morgan fingerprint density at radius 3 is 1.53 bits per heavy atom. The van der Waals surface area contributed by atoms with E-state index in [0.717, 1.165) is 49.8 Å². The van der Waals surface area contributed by atoms with Gasteiger partial charge in [-0.3, -0.25) is 4.57 Å². The molecule has 0 aliphatic rings. The van der Waals surface area contributed by atoms with Crippen molar-refractivity contribution in [1.29, 1.82) is 0 Å². The number of hydrogen-bond donors (Lipinski definition) is 0. The standard InChI is InChI=1S/C47H30N4/c1-5-15-31(16-6-1)36-26-28-39-41(29-36)51(47-49-45(34-20-9-3-10-21-34)48-46(50-47)35-22-11-4-12-23-35)42-30-40(32-17-7-2-8-18-32)38-27-25-33-19-13-14-24-37(33)43(38)44(39)42/h1-30H. The molecular weight excluding hydrogens is 621 g/mol. The van der Waals surface area contributed by atoms with Crippen molar-refractivity contribution in [3.05, 3.63) is 182 Å². The molecule has 4 heteroatoms. The van der Waals surface area contributed by atoms with Gasteiger partial charge in [0.25, 0.3) is 0 Å². The average Bonchev–Trinajstić information content (AvgIpc) is 3.55. The van der Waals surface area contributed by atoms with Gasteiger partial charge in [0, 0.05) is 27.3 Å². The lowest BCUT2D eigenvalue weighted by atomic mass is 9.91. The first-order valence-corrected chi connectivity index (χ1v) is 17.2. The number of aromatic nitrogens is 4. The first-order valence-electron chi connectivity index (χ1n) is 17.2. The fraction of sp³-hybridized carbons (Fsp3) is 0. The molecule has 0 unspecified atom stereocenters. The fourth-order valence-electron chi connectivity index (χ4n) is 7.47. The lowest BCUT2D eigenvalue weighted by Crippen LogP contribution is -2.06. The predicted octanol–water partition coefficient (Wildman–Crippen LogP) is 11.9. The number of nitrogens with zero attached hydrogens (tertiary/aromatic N) is 4. The maximum atomic E-state index is 5.26. The van der Waals surface area contributed by atoms with Crippen molar-refractivity contribution < 1.29 is 0 Å². The zero-order valence-corrected chi connectivity index (χ0v) is 27.6. The normalized spacial score (nSPS) is 11.5. The van der Waals surface area contributed by atoms with Crippen LogP contribution < -0.4 is 0 Å². The van der Waals surface area contributed by atoms with Crippen molar-refractivity contribution in [2.75, 3.05) is 0 Å². The molecule has 238 valence electrons. The van der Waals surface area contributed by atoms with Gasteiger partial charge in [-0.25, -0.2) is 4.98 Å². The first-order chi connectivity index (χ1) is 25.3. The third kappa shape index (κ3) is 4.88. The number of fused-ring (bicyclic) bond motifs is 7. The highest BCUT2D eigenvalue weighted by Crippen LogP contribution is 2.44. The van der Waals surface area contributed by atoms with Gasteiger partial charge in [0.15, 0.2) is 11.6 Å². The van der Waals surface area contributed by atoms with Gasteiger partial charge >= 0.3 is 0 Å². The Morgan fingerprint density at radius 2 is 0.882 bits per heavy atom. The van der Waals surface area contributed by atoms with Crippen molar-refractivity contribution in [3.8, 4) is 51.0 Å². The van der Waals surface area contributed by atoms with Gasteiger partial charge < -0.3 is 0 Å². The fourth-order valence-corrected chi connectivity index (χ4v) is 7.47. The Bertz CT molecular complexity index is 2820. The van der Waals surface area contributed by atoms with Crippen LogP contribution in [0.15, 0.2) is 182 Å². The number of benzene rings is 8. The van der Waals surface area contributed by atoms with E-state index in [1.54, 1.807) is 0 Å². The van der Waals surface area contributed by atoms with Crippen LogP contribution in [0.4, 0.5) is 0 Å². The Hall–Kier alpha value is -6.91. The van der Waals surface area contributed by atoms with Gasteiger partial charge in [-0.15, -0.1) is 0 Å². The summed E-state index contributed by atoms with van der Waals surface area (Å²) in [5.41, 5.74) is 8.56. The largest absolute Gasteiger partial charge is 0.278 e. The molecule has 10 aromatic rings. The molecule has 0 saturated heterocycles. The lowest BCUT2D eigenvalue weighted by molar-refractivity contribution is 0.954. The second kappa shape index (κ2) is 11.9. The van der Waals surface area contributed by atoms with Crippen LogP contribution in [0.5, 0.6) is 0 Å². The molecule has 0 spiro atoms. The first kappa shape index (κ1) is 29.0. The summed E-state index contributed by atoms with van der Waals surface area (Å²) >= 11 is 0. The molecule has 2 aromatic heterocycles. The van der Waals surface area contributed by atoms with Crippen LogP contribution in [-0.4, -0.2) is 19.5 Å². The third-order valence-corrected chi connectivity index (χ3v) is 9.83. The molecule has 0 atom stereocenters. The number of hydrogen-bond acceptors (Lipinski definition) is 3. The molecule has 0 amide bonds. The maximum Gasteiger partial charge on any atom is 0.238 e. The van der Waals surface area contributed by atoms with Gasteiger partial charge in [-0.05, 0) is 50.5 Å². The second-order valence-corrected chi connectivity index (χ2v) is 12.8. The summed E-state index contributed by atoms with van der Waals surface area (Å²) in [5.74, 6) is 1.83. The molecule has 0 N–H and O–H groups in total.